The lowest BCUT2D eigenvalue weighted by Gasteiger charge is -2.30. The number of carbonyl (C=O) groups excluding carboxylic acids is 2. The minimum atomic E-state index is -1.12. The second-order valence-corrected chi connectivity index (χ2v) is 5.93. The van der Waals surface area contributed by atoms with Gasteiger partial charge >= 0.3 is 5.97 Å². The lowest BCUT2D eigenvalue weighted by molar-refractivity contribution is -0.154. The Kier molecular flexibility index (Phi) is 4.38. The maximum atomic E-state index is 12.7. The second kappa shape index (κ2) is 6.47. The van der Waals surface area contributed by atoms with Crippen molar-refractivity contribution in [3.8, 4) is 0 Å². The highest BCUT2D eigenvalue weighted by molar-refractivity contribution is 5.91. The quantitative estimate of drug-likeness (QED) is 0.852. The number of carbonyl (C=O) groups is 2. The van der Waals surface area contributed by atoms with Crippen molar-refractivity contribution in [2.24, 2.45) is 0 Å². The van der Waals surface area contributed by atoms with E-state index in [1.54, 1.807) is 37.0 Å². The first-order valence-corrected chi connectivity index (χ1v) is 8.15. The van der Waals surface area contributed by atoms with Gasteiger partial charge in [-0.3, -0.25) is 9.48 Å². The summed E-state index contributed by atoms with van der Waals surface area (Å²) in [5.41, 5.74) is 0.771. The summed E-state index contributed by atoms with van der Waals surface area (Å²) < 4.78 is 6.85. The van der Waals surface area contributed by atoms with Crippen molar-refractivity contribution in [3.05, 3.63) is 53.9 Å². The van der Waals surface area contributed by atoms with Crippen molar-refractivity contribution in [2.45, 2.75) is 38.3 Å². The number of benzene rings is 1. The third-order valence-corrected chi connectivity index (χ3v) is 4.51. The topological polar surface area (TPSA) is 73.2 Å². The molecule has 0 aliphatic heterocycles. The fourth-order valence-corrected chi connectivity index (χ4v) is 3.20. The Labute approximate surface area is 140 Å². The first-order valence-electron chi connectivity index (χ1n) is 8.15. The summed E-state index contributed by atoms with van der Waals surface area (Å²) in [6, 6.07) is 8.93. The molecule has 2 aromatic rings. The third-order valence-electron chi connectivity index (χ3n) is 4.51. The van der Waals surface area contributed by atoms with E-state index in [4.69, 9.17) is 4.74 Å². The molecule has 1 heterocycles. The largest absolute Gasteiger partial charge is 0.464 e. The SMILES string of the molecule is CCOC(=O)[C@]1(NC(=O)[C@H](C)n2cccn2)CCc2ccccc21. The van der Waals surface area contributed by atoms with Gasteiger partial charge in [0.05, 0.1) is 6.61 Å². The zero-order valence-electron chi connectivity index (χ0n) is 13.9. The van der Waals surface area contributed by atoms with E-state index < -0.39 is 17.6 Å². The fraction of sp³-hybridized carbons (Fsp3) is 0.389. The van der Waals surface area contributed by atoms with E-state index in [1.165, 1.54) is 0 Å². The van der Waals surface area contributed by atoms with Gasteiger partial charge < -0.3 is 10.1 Å². The van der Waals surface area contributed by atoms with Crippen LogP contribution in [0.15, 0.2) is 42.7 Å². The van der Waals surface area contributed by atoms with Crippen molar-refractivity contribution in [1.29, 1.82) is 0 Å². The van der Waals surface area contributed by atoms with Crippen LogP contribution in [0.2, 0.25) is 0 Å². The molecule has 0 saturated carbocycles. The Balaban J connectivity index is 1.93. The van der Waals surface area contributed by atoms with E-state index >= 15 is 0 Å². The smallest absolute Gasteiger partial charge is 0.336 e. The lowest BCUT2D eigenvalue weighted by atomic mass is 9.91. The van der Waals surface area contributed by atoms with E-state index in [0.717, 1.165) is 17.5 Å². The Bertz CT molecular complexity index is 742. The lowest BCUT2D eigenvalue weighted by Crippen LogP contribution is -2.52. The van der Waals surface area contributed by atoms with Gasteiger partial charge in [-0.2, -0.15) is 5.10 Å². The number of esters is 1. The molecule has 0 unspecified atom stereocenters. The van der Waals surface area contributed by atoms with Gasteiger partial charge in [0.2, 0.25) is 5.91 Å². The van der Waals surface area contributed by atoms with Gasteiger partial charge in [0.15, 0.2) is 5.54 Å². The van der Waals surface area contributed by atoms with Gasteiger partial charge in [-0.05, 0) is 43.9 Å². The van der Waals surface area contributed by atoms with Crippen LogP contribution in [0.4, 0.5) is 0 Å². The Morgan fingerprint density at radius 1 is 1.38 bits per heavy atom. The molecule has 126 valence electrons. The van der Waals surface area contributed by atoms with Crippen molar-refractivity contribution < 1.29 is 14.3 Å². The van der Waals surface area contributed by atoms with Gasteiger partial charge in [0.25, 0.3) is 0 Å². The van der Waals surface area contributed by atoms with E-state index in [9.17, 15) is 9.59 Å². The number of amides is 1. The second-order valence-electron chi connectivity index (χ2n) is 5.93. The number of fused-ring (bicyclic) bond motifs is 1. The highest BCUT2D eigenvalue weighted by Crippen LogP contribution is 2.38. The molecule has 1 aromatic carbocycles. The summed E-state index contributed by atoms with van der Waals surface area (Å²) in [4.78, 5) is 25.5. The number of nitrogens with zero attached hydrogens (tertiary/aromatic N) is 2. The van der Waals surface area contributed by atoms with E-state index in [-0.39, 0.29) is 12.5 Å². The molecule has 1 amide bonds. The van der Waals surface area contributed by atoms with Crippen LogP contribution in [0, 0.1) is 0 Å². The molecule has 1 aliphatic carbocycles. The van der Waals surface area contributed by atoms with Crippen LogP contribution in [0.3, 0.4) is 0 Å². The van der Waals surface area contributed by atoms with Crippen LogP contribution in [0.5, 0.6) is 0 Å². The molecule has 0 bridgehead atoms. The molecule has 1 aromatic heterocycles. The predicted octanol–water partition coefficient (Wildman–Crippen LogP) is 1.97. The van der Waals surface area contributed by atoms with Gasteiger partial charge in [0.1, 0.15) is 6.04 Å². The molecule has 1 aliphatic rings. The van der Waals surface area contributed by atoms with Gasteiger partial charge in [-0.15, -0.1) is 0 Å². The molecular weight excluding hydrogens is 306 g/mol. The molecule has 0 radical (unpaired) electrons. The molecule has 24 heavy (non-hydrogen) atoms. The van der Waals surface area contributed by atoms with E-state index in [0.29, 0.717) is 6.42 Å². The monoisotopic (exact) mass is 327 g/mol. The fourth-order valence-electron chi connectivity index (χ4n) is 3.20. The third kappa shape index (κ3) is 2.68. The minimum Gasteiger partial charge on any atom is -0.464 e. The molecule has 1 N–H and O–H groups in total. The molecule has 3 rings (SSSR count). The summed E-state index contributed by atoms with van der Waals surface area (Å²) in [7, 11) is 0. The zero-order valence-corrected chi connectivity index (χ0v) is 13.9. The van der Waals surface area contributed by atoms with Gasteiger partial charge in [-0.1, -0.05) is 24.3 Å². The first kappa shape index (κ1) is 16.2. The van der Waals surface area contributed by atoms with Crippen molar-refractivity contribution >= 4 is 11.9 Å². The van der Waals surface area contributed by atoms with Crippen molar-refractivity contribution in [3.63, 3.8) is 0 Å². The highest BCUT2D eigenvalue weighted by Gasteiger charge is 2.48. The van der Waals surface area contributed by atoms with Gasteiger partial charge in [0, 0.05) is 12.4 Å². The Morgan fingerprint density at radius 2 is 2.17 bits per heavy atom. The first-order chi connectivity index (χ1) is 11.6. The Morgan fingerprint density at radius 3 is 2.88 bits per heavy atom. The summed E-state index contributed by atoms with van der Waals surface area (Å²) in [6.07, 6.45) is 4.58. The number of aryl methyl sites for hydroxylation is 1. The maximum Gasteiger partial charge on any atom is 0.336 e. The van der Waals surface area contributed by atoms with Crippen LogP contribution in [0.1, 0.15) is 37.4 Å². The van der Waals surface area contributed by atoms with Crippen LogP contribution in [-0.2, 0) is 26.3 Å². The van der Waals surface area contributed by atoms with Crippen LogP contribution >= 0.6 is 0 Å². The number of aromatic nitrogens is 2. The minimum absolute atomic E-state index is 0.261. The highest BCUT2D eigenvalue weighted by atomic mass is 16.5. The standard InChI is InChI=1S/C18H21N3O3/c1-3-24-17(23)18(10-9-14-7-4-5-8-15(14)18)20-16(22)13(2)21-12-6-11-19-21/h4-8,11-13H,3,9-10H2,1-2H3,(H,20,22)/t13-,18-/m0/s1. The summed E-state index contributed by atoms with van der Waals surface area (Å²) in [6.45, 7) is 3.79. The van der Waals surface area contributed by atoms with Crippen LogP contribution in [0.25, 0.3) is 0 Å². The average molecular weight is 327 g/mol. The molecule has 0 fully saturated rings. The molecule has 0 saturated heterocycles. The van der Waals surface area contributed by atoms with E-state index in [2.05, 4.69) is 10.4 Å². The average Bonchev–Trinajstić information content (AvgIpc) is 3.23. The van der Waals surface area contributed by atoms with Gasteiger partial charge in [-0.25, -0.2) is 4.79 Å². The maximum absolute atomic E-state index is 12.7. The molecule has 2 atom stereocenters. The number of hydrogen-bond acceptors (Lipinski definition) is 4. The number of nitrogens with one attached hydrogen (secondary N) is 1. The molecule has 0 spiro atoms. The molecule has 6 heteroatoms. The molecular formula is C18H21N3O3. The Hall–Kier alpha value is -2.63. The number of rotatable bonds is 5. The summed E-state index contributed by atoms with van der Waals surface area (Å²) >= 11 is 0. The summed E-state index contributed by atoms with van der Waals surface area (Å²) in [5.74, 6) is -0.667. The van der Waals surface area contributed by atoms with Crippen molar-refractivity contribution in [2.75, 3.05) is 6.61 Å². The number of hydrogen-bond donors (Lipinski definition) is 1. The van der Waals surface area contributed by atoms with E-state index in [1.807, 2.05) is 24.3 Å². The van der Waals surface area contributed by atoms with Crippen LogP contribution < -0.4 is 5.32 Å². The normalized spacial score (nSPS) is 20.2. The summed E-state index contributed by atoms with van der Waals surface area (Å²) in [5, 5.41) is 7.05. The van der Waals surface area contributed by atoms with Crippen LogP contribution in [-0.4, -0.2) is 28.3 Å². The number of ether oxygens (including phenoxy) is 1. The molecule has 6 nitrogen and oxygen atoms in total. The van der Waals surface area contributed by atoms with Crippen molar-refractivity contribution in [1.82, 2.24) is 15.1 Å². The predicted molar refractivity (Wildman–Crippen MR) is 88.2 cm³/mol. The zero-order chi connectivity index (χ0) is 17.2.